The van der Waals surface area contributed by atoms with Crippen molar-refractivity contribution in [1.29, 1.82) is 0 Å². The molecule has 0 spiro atoms. The molecular formula is C23H43BF2N8O6. The van der Waals surface area contributed by atoms with Gasteiger partial charge in [-0.3, -0.25) is 24.2 Å². The molecule has 1 rings (SSSR count). The van der Waals surface area contributed by atoms with Crippen LogP contribution in [0.5, 0.6) is 0 Å². The Morgan fingerprint density at radius 3 is 2.12 bits per heavy atom. The highest BCUT2D eigenvalue weighted by Gasteiger charge is 2.52. The lowest BCUT2D eigenvalue weighted by atomic mass is 9.77. The molecule has 1 aliphatic heterocycles. The van der Waals surface area contributed by atoms with Gasteiger partial charge < -0.3 is 48.1 Å². The van der Waals surface area contributed by atoms with E-state index in [9.17, 15) is 38.0 Å². The fourth-order valence-electron chi connectivity index (χ4n) is 4.40. The van der Waals surface area contributed by atoms with E-state index in [2.05, 4.69) is 20.9 Å². The van der Waals surface area contributed by atoms with Crippen molar-refractivity contribution in [3.63, 3.8) is 0 Å². The van der Waals surface area contributed by atoms with Crippen LogP contribution in [0.4, 0.5) is 8.78 Å². The molecule has 4 atom stereocenters. The number of aliphatic imine (C=N–C) groups is 1. The normalized spacial score (nSPS) is 18.4. The summed E-state index contributed by atoms with van der Waals surface area (Å²) in [6.07, 6.45) is -0.0104. The van der Waals surface area contributed by atoms with Crippen LogP contribution in [0.15, 0.2) is 4.99 Å². The Balaban J connectivity index is 3.19. The van der Waals surface area contributed by atoms with E-state index in [-0.39, 0.29) is 50.7 Å². The van der Waals surface area contributed by atoms with Gasteiger partial charge >= 0.3 is 7.12 Å². The molecule has 1 fully saturated rings. The zero-order chi connectivity index (χ0) is 30.6. The van der Waals surface area contributed by atoms with Crippen molar-refractivity contribution in [3.8, 4) is 0 Å². The largest absolute Gasteiger partial charge is 0.475 e. The van der Waals surface area contributed by atoms with Gasteiger partial charge in [0, 0.05) is 19.9 Å². The van der Waals surface area contributed by atoms with Crippen LogP contribution in [0.3, 0.4) is 0 Å². The molecule has 0 aromatic heterocycles. The molecule has 1 unspecified atom stereocenters. The van der Waals surface area contributed by atoms with Gasteiger partial charge in [0.1, 0.15) is 18.1 Å². The minimum absolute atomic E-state index is 0.0645. The van der Waals surface area contributed by atoms with Crippen LogP contribution < -0.4 is 33.2 Å². The second-order valence-electron chi connectivity index (χ2n) is 10.4. The van der Waals surface area contributed by atoms with Crippen LogP contribution in [0.2, 0.25) is 0 Å². The number of halogens is 2. The minimum atomic E-state index is -3.35. The van der Waals surface area contributed by atoms with Gasteiger partial charge in [0.2, 0.25) is 23.6 Å². The smallest absolute Gasteiger partial charge is 0.426 e. The summed E-state index contributed by atoms with van der Waals surface area (Å²) >= 11 is 0. The Kier molecular flexibility index (Phi) is 14.2. The van der Waals surface area contributed by atoms with E-state index < -0.39 is 73.7 Å². The van der Waals surface area contributed by atoms with E-state index in [0.29, 0.717) is 11.3 Å². The third kappa shape index (κ3) is 12.0. The fourth-order valence-corrected chi connectivity index (χ4v) is 4.40. The first-order chi connectivity index (χ1) is 18.6. The summed E-state index contributed by atoms with van der Waals surface area (Å²) in [4.78, 5) is 55.7. The van der Waals surface area contributed by atoms with Gasteiger partial charge in [0.25, 0.3) is 5.92 Å². The lowest BCUT2D eigenvalue weighted by Crippen LogP contribution is -2.58. The maximum Gasteiger partial charge on any atom is 0.475 e. The number of carbonyl (C=O) groups is 4. The van der Waals surface area contributed by atoms with Crippen molar-refractivity contribution in [1.82, 2.24) is 20.9 Å². The van der Waals surface area contributed by atoms with Gasteiger partial charge in [0.05, 0.1) is 12.5 Å². The van der Waals surface area contributed by atoms with Crippen LogP contribution in [0, 0.1) is 5.92 Å². The number of nitrogens with zero attached hydrogens (tertiary/aromatic N) is 2. The standard InChI is InChI=1S/C23H43BF2N8O6/c1-13(2)10-17(33-19(36)15(6-4-8-27)31-14(3)35)20(37)32-16(7-5-9-30-22(28)29)21(38)34-12-23(25,26)11-18(34)24(39)40/h13,15-18,39-40H,4-12,27H2,1-3H3,(H,31,35)(H,32,37)(H,33,36)(H4,28,29,30)/t15-,16-,17-,18?/m0/s1. The van der Waals surface area contributed by atoms with Crippen molar-refractivity contribution in [2.24, 2.45) is 28.1 Å². The SMILES string of the molecule is CC(=O)N[C@@H](CCCN)C(=O)N[C@@H](CC(C)C)C(=O)N[C@@H](CCCN=C(N)N)C(=O)N1CC(F)(F)CC1B(O)O. The maximum absolute atomic E-state index is 14.1. The zero-order valence-electron chi connectivity index (χ0n) is 23.2. The molecule has 228 valence electrons. The topological polar surface area (TPSA) is 238 Å². The highest BCUT2D eigenvalue weighted by atomic mass is 19.3. The van der Waals surface area contributed by atoms with E-state index in [1.165, 1.54) is 6.92 Å². The highest BCUT2D eigenvalue weighted by molar-refractivity contribution is 6.43. The van der Waals surface area contributed by atoms with Gasteiger partial charge in [-0.25, -0.2) is 8.78 Å². The molecule has 1 aliphatic rings. The molecule has 0 aromatic carbocycles. The molecule has 4 amide bonds. The van der Waals surface area contributed by atoms with E-state index >= 15 is 0 Å². The molecule has 0 aromatic rings. The third-order valence-electron chi connectivity index (χ3n) is 6.23. The Bertz CT molecular complexity index is 907. The first-order valence-electron chi connectivity index (χ1n) is 13.3. The predicted molar refractivity (Wildman–Crippen MR) is 144 cm³/mol. The number of rotatable bonds is 16. The Hall–Kier alpha value is -3.05. The van der Waals surface area contributed by atoms with Crippen LogP contribution in [0.1, 0.15) is 59.3 Å². The summed E-state index contributed by atoms with van der Waals surface area (Å²) in [6.45, 7) is 4.17. The van der Waals surface area contributed by atoms with E-state index in [1.54, 1.807) is 0 Å². The molecule has 11 N–H and O–H groups in total. The molecule has 0 bridgehead atoms. The molecule has 1 heterocycles. The number of nitrogens with one attached hydrogen (secondary N) is 3. The van der Waals surface area contributed by atoms with Crippen molar-refractivity contribution < 1.29 is 38.0 Å². The first-order valence-corrected chi connectivity index (χ1v) is 13.3. The van der Waals surface area contributed by atoms with E-state index in [0.717, 1.165) is 0 Å². The molecule has 0 radical (unpaired) electrons. The molecule has 14 nitrogen and oxygen atoms in total. The number of amides is 4. The number of alkyl halides is 2. The predicted octanol–water partition coefficient (Wildman–Crippen LogP) is -2.45. The van der Waals surface area contributed by atoms with Crippen LogP contribution in [-0.4, -0.2) is 101 Å². The molecule has 40 heavy (non-hydrogen) atoms. The number of guanidine groups is 1. The van der Waals surface area contributed by atoms with Crippen molar-refractivity contribution in [2.45, 2.75) is 89.3 Å². The quantitative estimate of drug-likeness (QED) is 0.0420. The number of carbonyl (C=O) groups excluding carboxylic acids is 4. The summed E-state index contributed by atoms with van der Waals surface area (Å²) in [6, 6.07) is -3.43. The Morgan fingerprint density at radius 2 is 1.60 bits per heavy atom. The van der Waals surface area contributed by atoms with E-state index in [1.807, 2.05) is 13.8 Å². The van der Waals surface area contributed by atoms with Gasteiger partial charge in [-0.05, 0) is 44.6 Å². The molecular weight excluding hydrogens is 533 g/mol. The Morgan fingerprint density at radius 1 is 1.02 bits per heavy atom. The number of hydrogen-bond donors (Lipinski definition) is 8. The second kappa shape index (κ2) is 16.3. The number of likely N-dealkylation sites (tertiary alicyclic amines) is 1. The summed E-state index contributed by atoms with van der Waals surface area (Å²) < 4.78 is 28.2. The number of hydrogen-bond acceptors (Lipinski definition) is 8. The summed E-state index contributed by atoms with van der Waals surface area (Å²) in [5.41, 5.74) is 16.2. The van der Waals surface area contributed by atoms with Gasteiger partial charge in [0.15, 0.2) is 5.96 Å². The average Bonchev–Trinajstić information content (AvgIpc) is 3.17. The van der Waals surface area contributed by atoms with Crippen LogP contribution in [-0.2, 0) is 19.2 Å². The van der Waals surface area contributed by atoms with Crippen LogP contribution in [0.25, 0.3) is 0 Å². The fraction of sp³-hybridized carbons (Fsp3) is 0.783. The highest BCUT2D eigenvalue weighted by Crippen LogP contribution is 2.33. The van der Waals surface area contributed by atoms with Crippen molar-refractivity contribution >= 4 is 36.7 Å². The summed E-state index contributed by atoms with van der Waals surface area (Å²) in [7, 11) is -2.22. The average molecular weight is 576 g/mol. The van der Waals surface area contributed by atoms with Gasteiger partial charge in [-0.15, -0.1) is 0 Å². The molecule has 0 saturated carbocycles. The Labute approximate surface area is 233 Å². The second-order valence-corrected chi connectivity index (χ2v) is 10.4. The third-order valence-corrected chi connectivity index (χ3v) is 6.23. The van der Waals surface area contributed by atoms with Crippen molar-refractivity contribution in [2.75, 3.05) is 19.6 Å². The summed E-state index contributed by atoms with van der Waals surface area (Å²) in [5, 5.41) is 26.9. The number of nitrogens with two attached hydrogens (primary N) is 3. The zero-order valence-corrected chi connectivity index (χ0v) is 23.2. The van der Waals surface area contributed by atoms with E-state index in [4.69, 9.17) is 17.2 Å². The van der Waals surface area contributed by atoms with Gasteiger partial charge in [-0.1, -0.05) is 13.8 Å². The van der Waals surface area contributed by atoms with Gasteiger partial charge in [-0.2, -0.15) is 0 Å². The van der Waals surface area contributed by atoms with Crippen molar-refractivity contribution in [3.05, 3.63) is 0 Å². The monoisotopic (exact) mass is 576 g/mol. The molecule has 0 aliphatic carbocycles. The summed E-state index contributed by atoms with van der Waals surface area (Å²) in [5.74, 6) is -7.98. The lowest BCUT2D eigenvalue weighted by Gasteiger charge is -2.30. The first kappa shape index (κ1) is 35.0. The molecule has 1 saturated heterocycles. The van der Waals surface area contributed by atoms with Crippen LogP contribution >= 0.6 is 0 Å². The maximum atomic E-state index is 14.1. The minimum Gasteiger partial charge on any atom is -0.426 e. The molecule has 17 heteroatoms. The lowest BCUT2D eigenvalue weighted by molar-refractivity contribution is -0.139.